The van der Waals surface area contributed by atoms with Gasteiger partial charge in [-0.1, -0.05) is 11.6 Å². The van der Waals surface area contributed by atoms with E-state index in [2.05, 4.69) is 20.6 Å². The summed E-state index contributed by atoms with van der Waals surface area (Å²) in [5, 5.41) is 6.05. The predicted molar refractivity (Wildman–Crippen MR) is 111 cm³/mol. The van der Waals surface area contributed by atoms with E-state index < -0.39 is 0 Å². The molecule has 0 aliphatic carbocycles. The highest BCUT2D eigenvalue weighted by Gasteiger charge is 2.09. The fourth-order valence-corrected chi connectivity index (χ4v) is 2.71. The van der Waals surface area contributed by atoms with Crippen molar-refractivity contribution >= 4 is 34.4 Å². The van der Waals surface area contributed by atoms with Gasteiger partial charge in [0.25, 0.3) is 11.8 Å². The molecule has 2 amide bonds. The van der Waals surface area contributed by atoms with Gasteiger partial charge in [0, 0.05) is 23.7 Å². The number of carbonyl (C=O) groups excluding carboxylic acids is 2. The van der Waals surface area contributed by atoms with Gasteiger partial charge in [-0.2, -0.15) is 0 Å². The number of hydrogen-bond donors (Lipinski definition) is 2. The summed E-state index contributed by atoms with van der Waals surface area (Å²) in [5.74, 6) is 0.0438. The lowest BCUT2D eigenvalue weighted by Gasteiger charge is -2.09. The number of benzene rings is 2. The number of amides is 2. The SMILES string of the molecule is Cc1nc2ccc(C(=O)NCCNC(=O)COc3ccc(Cl)cc3)cc2nc1C. The molecule has 0 atom stereocenters. The molecule has 0 aliphatic heterocycles. The molecule has 0 unspecified atom stereocenters. The lowest BCUT2D eigenvalue weighted by molar-refractivity contribution is -0.123. The zero-order valence-electron chi connectivity index (χ0n) is 16.2. The third-order valence-electron chi connectivity index (χ3n) is 4.25. The molecule has 0 fully saturated rings. The second kappa shape index (κ2) is 9.34. The predicted octanol–water partition coefficient (Wildman–Crippen LogP) is 2.83. The monoisotopic (exact) mass is 412 g/mol. The Bertz CT molecular complexity index is 1040. The van der Waals surface area contributed by atoms with Crippen LogP contribution in [-0.2, 0) is 4.79 Å². The molecule has 0 radical (unpaired) electrons. The summed E-state index contributed by atoms with van der Waals surface area (Å²) in [6.45, 7) is 4.26. The van der Waals surface area contributed by atoms with Gasteiger partial charge in [-0.05, 0) is 56.3 Å². The van der Waals surface area contributed by atoms with Crippen LogP contribution in [0.15, 0.2) is 42.5 Å². The first-order chi connectivity index (χ1) is 13.9. The molecule has 0 bridgehead atoms. The van der Waals surface area contributed by atoms with Crippen LogP contribution in [-0.4, -0.2) is 41.5 Å². The average Bonchev–Trinajstić information content (AvgIpc) is 2.71. The second-order valence-electron chi connectivity index (χ2n) is 6.45. The van der Waals surface area contributed by atoms with Gasteiger partial charge in [-0.3, -0.25) is 9.59 Å². The maximum Gasteiger partial charge on any atom is 0.258 e. The molecule has 8 heteroatoms. The molecule has 7 nitrogen and oxygen atoms in total. The number of aromatic nitrogens is 2. The summed E-state index contributed by atoms with van der Waals surface area (Å²) >= 11 is 5.79. The molecular weight excluding hydrogens is 392 g/mol. The van der Waals surface area contributed by atoms with Crippen LogP contribution in [0.2, 0.25) is 5.02 Å². The molecule has 0 aliphatic rings. The van der Waals surface area contributed by atoms with Crippen LogP contribution in [0.5, 0.6) is 5.75 Å². The number of nitrogens with one attached hydrogen (secondary N) is 2. The van der Waals surface area contributed by atoms with E-state index >= 15 is 0 Å². The first-order valence-corrected chi connectivity index (χ1v) is 9.48. The number of hydrogen-bond acceptors (Lipinski definition) is 5. The Morgan fingerprint density at radius 3 is 2.31 bits per heavy atom. The quantitative estimate of drug-likeness (QED) is 0.582. The highest BCUT2D eigenvalue weighted by atomic mass is 35.5. The van der Waals surface area contributed by atoms with Gasteiger partial charge in [-0.15, -0.1) is 0 Å². The van der Waals surface area contributed by atoms with E-state index in [4.69, 9.17) is 16.3 Å². The number of ether oxygens (including phenoxy) is 1. The molecule has 1 heterocycles. The lowest BCUT2D eigenvalue weighted by atomic mass is 10.1. The number of halogens is 1. The topological polar surface area (TPSA) is 93.2 Å². The zero-order chi connectivity index (χ0) is 20.8. The van der Waals surface area contributed by atoms with Crippen molar-refractivity contribution in [1.29, 1.82) is 0 Å². The molecule has 3 aromatic rings. The van der Waals surface area contributed by atoms with E-state index in [1.165, 1.54) is 0 Å². The van der Waals surface area contributed by atoms with Crippen molar-refractivity contribution in [3.63, 3.8) is 0 Å². The minimum atomic E-state index is -0.277. The molecule has 0 saturated carbocycles. The standard InChI is InChI=1S/C21H21ClN4O3/c1-13-14(2)26-19-11-15(3-8-18(19)25-13)21(28)24-10-9-23-20(27)12-29-17-6-4-16(22)5-7-17/h3-8,11H,9-10,12H2,1-2H3,(H,23,27)(H,24,28). The van der Waals surface area contributed by atoms with E-state index in [9.17, 15) is 9.59 Å². The first kappa shape index (κ1) is 20.5. The van der Waals surface area contributed by atoms with Crippen LogP contribution in [0, 0.1) is 13.8 Å². The molecule has 150 valence electrons. The van der Waals surface area contributed by atoms with Crippen LogP contribution < -0.4 is 15.4 Å². The third-order valence-corrected chi connectivity index (χ3v) is 4.51. The molecule has 3 rings (SSSR count). The normalized spacial score (nSPS) is 10.6. The highest BCUT2D eigenvalue weighted by Crippen LogP contribution is 2.15. The van der Waals surface area contributed by atoms with Gasteiger partial charge in [0.05, 0.1) is 22.4 Å². The summed E-state index contributed by atoms with van der Waals surface area (Å²) < 4.78 is 5.36. The molecule has 29 heavy (non-hydrogen) atoms. The minimum Gasteiger partial charge on any atom is -0.484 e. The summed E-state index contributed by atoms with van der Waals surface area (Å²) in [6.07, 6.45) is 0. The number of rotatable bonds is 7. The Labute approximate surface area is 173 Å². The van der Waals surface area contributed by atoms with Gasteiger partial charge >= 0.3 is 0 Å². The van der Waals surface area contributed by atoms with Crippen LogP contribution in [0.3, 0.4) is 0 Å². The van der Waals surface area contributed by atoms with Crippen LogP contribution in [0.1, 0.15) is 21.7 Å². The second-order valence-corrected chi connectivity index (χ2v) is 6.88. The molecule has 2 aromatic carbocycles. The molecule has 1 aromatic heterocycles. The Morgan fingerprint density at radius 2 is 1.59 bits per heavy atom. The Hall–Kier alpha value is -3.19. The summed E-state index contributed by atoms with van der Waals surface area (Å²) in [4.78, 5) is 33.1. The Kier molecular flexibility index (Phi) is 6.61. The van der Waals surface area contributed by atoms with E-state index in [0.29, 0.717) is 34.9 Å². The number of nitrogens with zero attached hydrogens (tertiary/aromatic N) is 2. The molecule has 2 N–H and O–H groups in total. The van der Waals surface area contributed by atoms with Crippen LogP contribution >= 0.6 is 11.6 Å². The van der Waals surface area contributed by atoms with Crippen molar-refractivity contribution in [3.05, 3.63) is 64.4 Å². The average molecular weight is 413 g/mol. The van der Waals surface area contributed by atoms with Gasteiger partial charge in [0.15, 0.2) is 6.61 Å². The maximum atomic E-state index is 12.3. The van der Waals surface area contributed by atoms with Gasteiger partial charge < -0.3 is 15.4 Å². The molecule has 0 saturated heterocycles. The summed E-state index contributed by atoms with van der Waals surface area (Å²) in [6, 6.07) is 11.9. The Balaban J connectivity index is 1.43. The largest absolute Gasteiger partial charge is 0.484 e. The zero-order valence-corrected chi connectivity index (χ0v) is 16.9. The fraction of sp³-hybridized carbons (Fsp3) is 0.238. The van der Waals surface area contributed by atoms with Gasteiger partial charge in [0.2, 0.25) is 0 Å². The van der Waals surface area contributed by atoms with Crippen molar-refractivity contribution in [2.24, 2.45) is 0 Å². The first-order valence-electron chi connectivity index (χ1n) is 9.10. The van der Waals surface area contributed by atoms with Gasteiger partial charge in [0.1, 0.15) is 5.75 Å². The van der Waals surface area contributed by atoms with E-state index in [-0.39, 0.29) is 18.4 Å². The van der Waals surface area contributed by atoms with Crippen molar-refractivity contribution in [2.45, 2.75) is 13.8 Å². The van der Waals surface area contributed by atoms with Crippen molar-refractivity contribution in [1.82, 2.24) is 20.6 Å². The minimum absolute atomic E-state index is 0.113. The number of aryl methyl sites for hydroxylation is 2. The third kappa shape index (κ3) is 5.65. The molecule has 0 spiro atoms. The Morgan fingerprint density at radius 1 is 0.931 bits per heavy atom. The highest BCUT2D eigenvalue weighted by molar-refractivity contribution is 6.30. The number of carbonyl (C=O) groups is 2. The summed E-state index contributed by atoms with van der Waals surface area (Å²) in [5.41, 5.74) is 3.61. The van der Waals surface area contributed by atoms with E-state index in [1.54, 1.807) is 42.5 Å². The molecular formula is C21H21ClN4O3. The smallest absolute Gasteiger partial charge is 0.258 e. The fourth-order valence-electron chi connectivity index (χ4n) is 2.58. The van der Waals surface area contributed by atoms with E-state index in [1.807, 2.05) is 13.8 Å². The number of fused-ring (bicyclic) bond motifs is 1. The van der Waals surface area contributed by atoms with E-state index in [0.717, 1.165) is 16.9 Å². The van der Waals surface area contributed by atoms with Gasteiger partial charge in [-0.25, -0.2) is 9.97 Å². The van der Waals surface area contributed by atoms with Crippen LogP contribution in [0.25, 0.3) is 11.0 Å². The maximum absolute atomic E-state index is 12.3. The van der Waals surface area contributed by atoms with Crippen molar-refractivity contribution < 1.29 is 14.3 Å². The lowest BCUT2D eigenvalue weighted by Crippen LogP contribution is -2.36. The van der Waals surface area contributed by atoms with Crippen molar-refractivity contribution in [2.75, 3.05) is 19.7 Å². The van der Waals surface area contributed by atoms with Crippen LogP contribution in [0.4, 0.5) is 0 Å². The summed E-state index contributed by atoms with van der Waals surface area (Å²) in [7, 11) is 0. The van der Waals surface area contributed by atoms with Crippen molar-refractivity contribution in [3.8, 4) is 5.75 Å².